The van der Waals surface area contributed by atoms with E-state index in [0.717, 1.165) is 6.42 Å². The van der Waals surface area contributed by atoms with Crippen LogP contribution < -0.4 is 0 Å². The van der Waals surface area contributed by atoms with Gasteiger partial charge in [-0.05, 0) is 24.5 Å². The summed E-state index contributed by atoms with van der Waals surface area (Å²) >= 11 is 0. The number of aromatic nitrogens is 1. The molecule has 0 aliphatic rings. The van der Waals surface area contributed by atoms with Gasteiger partial charge in [-0.2, -0.15) is 0 Å². The van der Waals surface area contributed by atoms with E-state index >= 15 is 0 Å². The lowest BCUT2D eigenvalue weighted by atomic mass is 10.1. The first kappa shape index (κ1) is 8.25. The molecule has 0 saturated carbocycles. The molecule has 0 atom stereocenters. The van der Waals surface area contributed by atoms with Crippen LogP contribution in [0.4, 0.5) is 0 Å². The third-order valence-electron chi connectivity index (χ3n) is 1.73. The van der Waals surface area contributed by atoms with Crippen LogP contribution in [0.15, 0.2) is 18.5 Å². The third kappa shape index (κ3) is 3.17. The summed E-state index contributed by atoms with van der Waals surface area (Å²) in [6, 6.07) is 4.99. The number of rotatable bonds is 4. The van der Waals surface area contributed by atoms with Crippen LogP contribution in [0.2, 0.25) is 0 Å². The Morgan fingerprint density at radius 3 is 3.00 bits per heavy atom. The molecule has 1 heteroatoms. The molecule has 0 spiro atoms. The highest BCUT2D eigenvalue weighted by molar-refractivity contribution is 5.07. The largest absolute Gasteiger partial charge is 0.264 e. The van der Waals surface area contributed by atoms with E-state index in [2.05, 4.69) is 18.0 Å². The molecule has 0 aliphatic carbocycles. The van der Waals surface area contributed by atoms with Gasteiger partial charge in [0.05, 0.1) is 0 Å². The van der Waals surface area contributed by atoms with Crippen LogP contribution in [0.5, 0.6) is 0 Å². The summed E-state index contributed by atoms with van der Waals surface area (Å²) in [4.78, 5) is 4.01. The minimum Gasteiger partial charge on any atom is -0.264 e. The fraction of sp³-hybridized carbons (Fsp3) is 0.500. The molecule has 0 N–H and O–H groups in total. The lowest BCUT2D eigenvalue weighted by Crippen LogP contribution is -1.85. The lowest BCUT2D eigenvalue weighted by Gasteiger charge is -1.97. The fourth-order valence-electron chi connectivity index (χ4n) is 1.07. The Bertz CT molecular complexity index is 181. The second-order valence-corrected chi connectivity index (χ2v) is 2.75. The van der Waals surface area contributed by atoms with Crippen molar-refractivity contribution in [3.05, 3.63) is 30.1 Å². The molecular weight excluding hydrogens is 134 g/mol. The number of aryl methyl sites for hydroxylation is 1. The van der Waals surface area contributed by atoms with E-state index in [0.29, 0.717) is 0 Å². The standard InChI is InChI=1S/C10H14N/c1-2-3-4-6-10-7-5-8-11-9-10/h7-9H,2-4,6H2,1H3. The van der Waals surface area contributed by atoms with Gasteiger partial charge in [-0.3, -0.25) is 4.98 Å². The highest BCUT2D eigenvalue weighted by atomic mass is 14.6. The highest BCUT2D eigenvalue weighted by Gasteiger charge is 1.90. The van der Waals surface area contributed by atoms with Crippen LogP contribution in [0, 0.1) is 6.07 Å². The maximum Gasteiger partial charge on any atom is 0.0347 e. The van der Waals surface area contributed by atoms with Crippen molar-refractivity contribution >= 4 is 0 Å². The average Bonchev–Trinajstić information content (AvgIpc) is 2.07. The van der Waals surface area contributed by atoms with Gasteiger partial charge >= 0.3 is 0 Å². The van der Waals surface area contributed by atoms with E-state index in [4.69, 9.17) is 0 Å². The molecule has 1 rings (SSSR count). The highest BCUT2D eigenvalue weighted by Crippen LogP contribution is 2.03. The predicted molar refractivity (Wildman–Crippen MR) is 46.3 cm³/mol. The van der Waals surface area contributed by atoms with Crippen LogP contribution in [0.3, 0.4) is 0 Å². The topological polar surface area (TPSA) is 12.9 Å². The number of unbranched alkanes of at least 4 members (excludes halogenated alkanes) is 2. The minimum atomic E-state index is 1.15. The molecule has 0 bridgehead atoms. The van der Waals surface area contributed by atoms with Crippen molar-refractivity contribution in [1.82, 2.24) is 4.98 Å². The summed E-state index contributed by atoms with van der Waals surface area (Å²) in [5.41, 5.74) is 1.31. The van der Waals surface area contributed by atoms with Crippen molar-refractivity contribution in [1.29, 1.82) is 0 Å². The maximum absolute atomic E-state index is 4.01. The Morgan fingerprint density at radius 2 is 2.36 bits per heavy atom. The third-order valence-corrected chi connectivity index (χ3v) is 1.73. The molecular formula is C10H14N. The molecule has 0 saturated heterocycles. The second-order valence-electron chi connectivity index (χ2n) is 2.75. The van der Waals surface area contributed by atoms with Crippen LogP contribution in [-0.2, 0) is 6.42 Å². The zero-order chi connectivity index (χ0) is 7.94. The molecule has 0 fully saturated rings. The van der Waals surface area contributed by atoms with Gasteiger partial charge in [0.15, 0.2) is 0 Å². The van der Waals surface area contributed by atoms with Gasteiger partial charge in [-0.1, -0.05) is 19.8 Å². The van der Waals surface area contributed by atoms with E-state index in [1.54, 1.807) is 6.20 Å². The number of hydrogen-bond acceptors (Lipinski definition) is 1. The van der Waals surface area contributed by atoms with Gasteiger partial charge in [0, 0.05) is 18.5 Å². The van der Waals surface area contributed by atoms with E-state index in [-0.39, 0.29) is 0 Å². The van der Waals surface area contributed by atoms with Gasteiger partial charge < -0.3 is 0 Å². The number of pyridine rings is 1. The zero-order valence-electron chi connectivity index (χ0n) is 7.01. The Balaban J connectivity index is 2.28. The molecule has 0 unspecified atom stereocenters. The predicted octanol–water partition coefficient (Wildman–Crippen LogP) is 2.61. The van der Waals surface area contributed by atoms with Crippen LogP contribution in [-0.4, -0.2) is 4.98 Å². The van der Waals surface area contributed by atoms with Gasteiger partial charge in [0.2, 0.25) is 0 Å². The molecule has 1 aromatic rings. The van der Waals surface area contributed by atoms with Gasteiger partial charge in [-0.15, -0.1) is 0 Å². The average molecular weight is 148 g/mol. The molecule has 0 amide bonds. The van der Waals surface area contributed by atoms with Gasteiger partial charge in [-0.25, -0.2) is 0 Å². The maximum atomic E-state index is 4.01. The summed E-state index contributed by atoms with van der Waals surface area (Å²) in [6.45, 7) is 2.22. The van der Waals surface area contributed by atoms with Crippen molar-refractivity contribution in [3.8, 4) is 0 Å². The van der Waals surface area contributed by atoms with Crippen molar-refractivity contribution in [3.63, 3.8) is 0 Å². The zero-order valence-corrected chi connectivity index (χ0v) is 7.01. The van der Waals surface area contributed by atoms with Crippen LogP contribution >= 0.6 is 0 Å². The quantitative estimate of drug-likeness (QED) is 0.598. The summed E-state index contributed by atoms with van der Waals surface area (Å²) in [5.74, 6) is 0. The molecule has 59 valence electrons. The number of nitrogens with zero attached hydrogens (tertiary/aromatic N) is 1. The monoisotopic (exact) mass is 148 g/mol. The second kappa shape index (κ2) is 4.89. The number of hydrogen-bond donors (Lipinski definition) is 0. The normalized spacial score (nSPS) is 9.91. The first-order valence-corrected chi connectivity index (χ1v) is 4.23. The first-order valence-electron chi connectivity index (χ1n) is 4.23. The van der Waals surface area contributed by atoms with Crippen LogP contribution in [0.25, 0.3) is 0 Å². The van der Waals surface area contributed by atoms with E-state index in [1.807, 2.05) is 12.3 Å². The van der Waals surface area contributed by atoms with Crippen molar-refractivity contribution in [2.45, 2.75) is 32.6 Å². The summed E-state index contributed by atoms with van der Waals surface area (Å²) in [5, 5.41) is 0. The van der Waals surface area contributed by atoms with Gasteiger partial charge in [0.25, 0.3) is 0 Å². The van der Waals surface area contributed by atoms with Crippen molar-refractivity contribution < 1.29 is 0 Å². The Morgan fingerprint density at radius 1 is 1.45 bits per heavy atom. The van der Waals surface area contributed by atoms with E-state index in [1.165, 1.54) is 24.8 Å². The molecule has 1 heterocycles. The Kier molecular flexibility index (Phi) is 3.67. The molecule has 11 heavy (non-hydrogen) atoms. The molecule has 0 aromatic carbocycles. The Labute approximate surface area is 68.5 Å². The molecule has 1 aromatic heterocycles. The smallest absolute Gasteiger partial charge is 0.0347 e. The van der Waals surface area contributed by atoms with Crippen molar-refractivity contribution in [2.75, 3.05) is 0 Å². The SMILES string of the molecule is CCCCCc1c[c]cnc1. The fourth-order valence-corrected chi connectivity index (χ4v) is 1.07. The summed E-state index contributed by atoms with van der Waals surface area (Å²) in [6.07, 6.45) is 8.64. The minimum absolute atomic E-state index is 1.15. The van der Waals surface area contributed by atoms with Crippen LogP contribution in [0.1, 0.15) is 31.7 Å². The van der Waals surface area contributed by atoms with E-state index < -0.39 is 0 Å². The molecule has 1 radical (unpaired) electrons. The Hall–Kier alpha value is -0.850. The summed E-state index contributed by atoms with van der Waals surface area (Å²) in [7, 11) is 0. The van der Waals surface area contributed by atoms with E-state index in [9.17, 15) is 0 Å². The summed E-state index contributed by atoms with van der Waals surface area (Å²) < 4.78 is 0. The van der Waals surface area contributed by atoms with Crippen molar-refractivity contribution in [2.24, 2.45) is 0 Å². The molecule has 0 aliphatic heterocycles. The molecule has 1 nitrogen and oxygen atoms in total. The van der Waals surface area contributed by atoms with Gasteiger partial charge in [0.1, 0.15) is 0 Å². The first-order chi connectivity index (χ1) is 5.43. The lowest BCUT2D eigenvalue weighted by molar-refractivity contribution is 0.716.